The molecule has 0 radical (unpaired) electrons. The number of benzene rings is 1. The second kappa shape index (κ2) is 5.31. The first-order valence-electron chi connectivity index (χ1n) is 5.25. The van der Waals surface area contributed by atoms with E-state index in [0.717, 1.165) is 24.3 Å². The maximum Gasteiger partial charge on any atom is 0.187 e. The molecule has 0 atom stereocenters. The molecule has 1 aromatic heterocycles. The van der Waals surface area contributed by atoms with Crippen molar-refractivity contribution in [1.82, 2.24) is 4.98 Å². The van der Waals surface area contributed by atoms with Crippen molar-refractivity contribution in [2.24, 2.45) is 0 Å². The lowest BCUT2D eigenvalue weighted by atomic mass is 10.1. The number of allylic oxidation sites excluding steroid dienone is 1. The van der Waals surface area contributed by atoms with Gasteiger partial charge < -0.3 is 0 Å². The Morgan fingerprint density at radius 2 is 1.83 bits per heavy atom. The number of rotatable bonds is 3. The third kappa shape index (κ3) is 2.66. The predicted molar refractivity (Wildman–Crippen MR) is 64.0 cm³/mol. The summed E-state index contributed by atoms with van der Waals surface area (Å²) in [4.78, 5) is 15.5. The van der Waals surface area contributed by atoms with Crippen molar-refractivity contribution in [1.29, 1.82) is 0 Å². The Hall–Kier alpha value is -2.36. The lowest BCUT2D eigenvalue weighted by molar-refractivity contribution is 0.104. The summed E-state index contributed by atoms with van der Waals surface area (Å²) in [6.45, 7) is 0. The Labute approximate surface area is 103 Å². The molecule has 2 aromatic rings. The van der Waals surface area contributed by atoms with Gasteiger partial charge >= 0.3 is 0 Å². The van der Waals surface area contributed by atoms with Gasteiger partial charge in [0.05, 0.1) is 0 Å². The number of nitrogens with zero attached hydrogens (tertiary/aromatic N) is 1. The molecule has 0 N–H and O–H groups in total. The summed E-state index contributed by atoms with van der Waals surface area (Å²) >= 11 is 0. The molecule has 0 amide bonds. The van der Waals surface area contributed by atoms with Crippen LogP contribution in [-0.4, -0.2) is 10.8 Å². The molecule has 0 fully saturated rings. The van der Waals surface area contributed by atoms with Crippen LogP contribution in [0, 0.1) is 11.6 Å². The van der Waals surface area contributed by atoms with Crippen LogP contribution in [0.3, 0.4) is 0 Å². The molecule has 1 heterocycles. The van der Waals surface area contributed by atoms with Crippen molar-refractivity contribution < 1.29 is 13.6 Å². The zero-order valence-electron chi connectivity index (χ0n) is 9.31. The van der Waals surface area contributed by atoms with E-state index < -0.39 is 11.6 Å². The van der Waals surface area contributed by atoms with Gasteiger partial charge in [0.2, 0.25) is 0 Å². The molecule has 2 nitrogen and oxygen atoms in total. The Balaban J connectivity index is 2.24. The summed E-state index contributed by atoms with van der Waals surface area (Å²) < 4.78 is 26.6. The van der Waals surface area contributed by atoms with Gasteiger partial charge in [-0.15, -0.1) is 0 Å². The third-order valence-electron chi connectivity index (χ3n) is 2.35. The molecule has 2 rings (SSSR count). The summed E-state index contributed by atoms with van der Waals surface area (Å²) in [7, 11) is 0. The van der Waals surface area contributed by atoms with E-state index in [2.05, 4.69) is 4.98 Å². The van der Waals surface area contributed by atoms with Crippen molar-refractivity contribution in [2.75, 3.05) is 0 Å². The molecule has 0 saturated carbocycles. The molecule has 4 heteroatoms. The minimum absolute atomic E-state index is 0.227. The fourth-order valence-corrected chi connectivity index (χ4v) is 1.43. The molecule has 0 bridgehead atoms. The van der Waals surface area contributed by atoms with Gasteiger partial charge in [0.25, 0.3) is 0 Å². The first-order chi connectivity index (χ1) is 8.68. The van der Waals surface area contributed by atoms with Crippen LogP contribution in [0.5, 0.6) is 0 Å². The summed E-state index contributed by atoms with van der Waals surface area (Å²) in [5.74, 6) is -1.76. The van der Waals surface area contributed by atoms with Gasteiger partial charge in [-0.05, 0) is 36.4 Å². The highest BCUT2D eigenvalue weighted by molar-refractivity contribution is 6.06. The normalized spacial score (nSPS) is 10.8. The first-order valence-corrected chi connectivity index (χ1v) is 5.25. The van der Waals surface area contributed by atoms with E-state index in [4.69, 9.17) is 0 Å². The number of carbonyl (C=O) groups excluding carboxylic acids is 1. The van der Waals surface area contributed by atoms with Crippen molar-refractivity contribution in [3.05, 3.63) is 71.6 Å². The number of hydrogen-bond acceptors (Lipinski definition) is 2. The number of hydrogen-bond donors (Lipinski definition) is 0. The largest absolute Gasteiger partial charge is 0.289 e. The number of aromatic nitrogens is 1. The molecule has 1 aromatic carbocycles. The Kier molecular flexibility index (Phi) is 3.57. The number of ketones is 1. The van der Waals surface area contributed by atoms with Gasteiger partial charge in [0.1, 0.15) is 11.6 Å². The van der Waals surface area contributed by atoms with Crippen LogP contribution in [0.4, 0.5) is 8.78 Å². The maximum absolute atomic E-state index is 13.3. The third-order valence-corrected chi connectivity index (χ3v) is 2.35. The summed E-state index contributed by atoms with van der Waals surface area (Å²) in [6.07, 6.45) is 5.18. The predicted octanol–water partition coefficient (Wildman–Crippen LogP) is 3.26. The topological polar surface area (TPSA) is 30.0 Å². The van der Waals surface area contributed by atoms with Crippen molar-refractivity contribution in [3.63, 3.8) is 0 Å². The van der Waals surface area contributed by atoms with Crippen LogP contribution >= 0.6 is 0 Å². The number of carbonyl (C=O) groups is 1. The Bertz CT molecular complexity index is 574. The molecular formula is C14H9F2NO. The second-order valence-electron chi connectivity index (χ2n) is 3.57. The highest BCUT2D eigenvalue weighted by Crippen LogP contribution is 2.14. The molecule has 0 aliphatic carbocycles. The van der Waals surface area contributed by atoms with Crippen LogP contribution in [0.2, 0.25) is 0 Å². The van der Waals surface area contributed by atoms with Gasteiger partial charge in [-0.1, -0.05) is 6.07 Å². The highest BCUT2D eigenvalue weighted by atomic mass is 19.1. The monoisotopic (exact) mass is 245 g/mol. The Morgan fingerprint density at radius 1 is 1.11 bits per heavy atom. The average molecular weight is 245 g/mol. The van der Waals surface area contributed by atoms with Gasteiger partial charge in [0.15, 0.2) is 5.78 Å². The van der Waals surface area contributed by atoms with E-state index >= 15 is 0 Å². The SMILES string of the molecule is O=C(/C=C/c1c(F)cccc1F)c1cccnc1. The van der Waals surface area contributed by atoms with E-state index in [1.165, 1.54) is 18.5 Å². The zero-order valence-corrected chi connectivity index (χ0v) is 9.31. The molecule has 18 heavy (non-hydrogen) atoms. The summed E-state index contributed by atoms with van der Waals surface area (Å²) in [6, 6.07) is 6.74. The zero-order chi connectivity index (χ0) is 13.0. The average Bonchev–Trinajstić information content (AvgIpc) is 2.39. The van der Waals surface area contributed by atoms with E-state index in [1.807, 2.05) is 0 Å². The molecule has 0 aliphatic rings. The van der Waals surface area contributed by atoms with Gasteiger partial charge in [-0.25, -0.2) is 8.78 Å². The van der Waals surface area contributed by atoms with E-state index in [1.54, 1.807) is 12.1 Å². The van der Waals surface area contributed by atoms with Gasteiger partial charge in [-0.3, -0.25) is 9.78 Å². The maximum atomic E-state index is 13.3. The van der Waals surface area contributed by atoms with Crippen molar-refractivity contribution >= 4 is 11.9 Å². The standard InChI is InChI=1S/C14H9F2NO/c15-12-4-1-5-13(16)11(12)6-7-14(18)10-3-2-8-17-9-10/h1-9H/b7-6+. The van der Waals surface area contributed by atoms with Gasteiger partial charge in [-0.2, -0.15) is 0 Å². The lowest BCUT2D eigenvalue weighted by Gasteiger charge is -1.98. The first kappa shape index (κ1) is 12.1. The molecular weight excluding hydrogens is 236 g/mol. The van der Waals surface area contributed by atoms with Crippen LogP contribution in [0.15, 0.2) is 48.8 Å². The smallest absolute Gasteiger partial charge is 0.187 e. The van der Waals surface area contributed by atoms with Crippen LogP contribution < -0.4 is 0 Å². The van der Waals surface area contributed by atoms with Crippen LogP contribution in [0.1, 0.15) is 15.9 Å². The molecule has 0 unspecified atom stereocenters. The summed E-state index contributed by atoms with van der Waals surface area (Å²) in [5, 5.41) is 0. The van der Waals surface area contributed by atoms with E-state index in [9.17, 15) is 13.6 Å². The van der Waals surface area contributed by atoms with E-state index in [0.29, 0.717) is 5.56 Å². The molecule has 0 aliphatic heterocycles. The molecule has 90 valence electrons. The van der Waals surface area contributed by atoms with Crippen LogP contribution in [-0.2, 0) is 0 Å². The minimum atomic E-state index is -0.703. The number of pyridine rings is 1. The highest BCUT2D eigenvalue weighted by Gasteiger charge is 2.06. The summed E-state index contributed by atoms with van der Waals surface area (Å²) in [5.41, 5.74) is 0.139. The fourth-order valence-electron chi connectivity index (χ4n) is 1.43. The molecule has 0 saturated heterocycles. The Morgan fingerprint density at radius 3 is 2.44 bits per heavy atom. The lowest BCUT2D eigenvalue weighted by Crippen LogP contribution is -1.95. The molecule has 0 spiro atoms. The van der Waals surface area contributed by atoms with Gasteiger partial charge in [0, 0.05) is 23.5 Å². The van der Waals surface area contributed by atoms with Crippen molar-refractivity contribution in [2.45, 2.75) is 0 Å². The minimum Gasteiger partial charge on any atom is -0.289 e. The van der Waals surface area contributed by atoms with E-state index in [-0.39, 0.29) is 11.3 Å². The second-order valence-corrected chi connectivity index (χ2v) is 3.57. The number of halogens is 2. The fraction of sp³-hybridized carbons (Fsp3) is 0. The van der Waals surface area contributed by atoms with Crippen LogP contribution in [0.25, 0.3) is 6.08 Å². The van der Waals surface area contributed by atoms with Crippen molar-refractivity contribution in [3.8, 4) is 0 Å². The quantitative estimate of drug-likeness (QED) is 0.613.